The maximum atomic E-state index is 11.4. The fraction of sp³-hybridized carbons (Fsp3) is 0.250. The van der Waals surface area contributed by atoms with Crippen LogP contribution < -0.4 is 0 Å². The predicted molar refractivity (Wildman–Crippen MR) is 73.7 cm³/mol. The van der Waals surface area contributed by atoms with Gasteiger partial charge in [-0.3, -0.25) is 4.79 Å². The second-order valence-electron chi connectivity index (χ2n) is 3.53. The second kappa shape index (κ2) is 5.80. The molecule has 0 radical (unpaired) electrons. The van der Waals surface area contributed by atoms with Crippen LogP contribution in [-0.4, -0.2) is 10.9 Å². The van der Waals surface area contributed by atoms with Crippen LogP contribution in [0.5, 0.6) is 0 Å². The van der Waals surface area contributed by atoms with Crippen molar-refractivity contribution in [1.29, 1.82) is 0 Å². The van der Waals surface area contributed by atoms with Crippen molar-refractivity contribution in [1.82, 2.24) is 0 Å². The van der Waals surface area contributed by atoms with Gasteiger partial charge in [0.05, 0.1) is 12.0 Å². The molecular weight excluding hydrogens is 338 g/mol. The molecule has 1 N–H and O–H groups in total. The van der Waals surface area contributed by atoms with E-state index in [4.69, 9.17) is 11.6 Å². The van der Waals surface area contributed by atoms with Gasteiger partial charge in [-0.05, 0) is 50.8 Å². The number of hydrogen-bond donors (Lipinski definition) is 1. The lowest BCUT2D eigenvalue weighted by Gasteiger charge is -2.20. The molecule has 1 unspecified atom stereocenters. The molecule has 0 bridgehead atoms. The van der Waals surface area contributed by atoms with E-state index in [9.17, 15) is 9.90 Å². The monoisotopic (exact) mass is 350 g/mol. The summed E-state index contributed by atoms with van der Waals surface area (Å²) < 4.78 is 0.632. The highest BCUT2D eigenvalue weighted by Crippen LogP contribution is 2.31. The summed E-state index contributed by atoms with van der Waals surface area (Å²) in [5, 5.41) is 10.7. The number of hydrogen-bond acceptors (Lipinski definition) is 2. The lowest BCUT2D eigenvalue weighted by molar-refractivity contribution is -0.122. The number of aliphatic hydroxyl groups excluding tert-OH is 1. The van der Waals surface area contributed by atoms with Gasteiger partial charge in [0.25, 0.3) is 0 Å². The van der Waals surface area contributed by atoms with Crippen LogP contribution in [0.2, 0.25) is 5.02 Å². The highest BCUT2D eigenvalue weighted by molar-refractivity contribution is 14.1. The van der Waals surface area contributed by atoms with Crippen LogP contribution >= 0.6 is 34.2 Å². The summed E-state index contributed by atoms with van der Waals surface area (Å²) >= 11 is 7.72. The first-order valence-corrected chi connectivity index (χ1v) is 6.17. The van der Waals surface area contributed by atoms with E-state index in [0.29, 0.717) is 14.2 Å². The minimum Gasteiger partial charge on any atom is -0.387 e. The highest BCUT2D eigenvalue weighted by atomic mass is 127. The molecule has 0 aliphatic rings. The Morgan fingerprint density at radius 3 is 2.31 bits per heavy atom. The van der Waals surface area contributed by atoms with Crippen LogP contribution in [-0.2, 0) is 4.79 Å². The van der Waals surface area contributed by atoms with Crippen molar-refractivity contribution in [3.8, 4) is 0 Å². The number of Topliss-reactive ketones (excluding diaryl/α,β-unsaturated/α-hetero) is 1. The van der Waals surface area contributed by atoms with Gasteiger partial charge < -0.3 is 5.11 Å². The van der Waals surface area contributed by atoms with Crippen LogP contribution in [0.3, 0.4) is 0 Å². The Balaban J connectivity index is 2.99. The Morgan fingerprint density at radius 2 is 1.94 bits per heavy atom. The Morgan fingerprint density at radius 1 is 1.44 bits per heavy atom. The van der Waals surface area contributed by atoms with Gasteiger partial charge in [-0.15, -0.1) is 0 Å². The van der Waals surface area contributed by atoms with Gasteiger partial charge >= 0.3 is 0 Å². The third-order valence-corrected chi connectivity index (χ3v) is 3.23. The van der Waals surface area contributed by atoms with E-state index in [-0.39, 0.29) is 5.78 Å². The van der Waals surface area contributed by atoms with Crippen molar-refractivity contribution >= 4 is 40.0 Å². The first-order chi connectivity index (χ1) is 7.43. The zero-order valence-electron chi connectivity index (χ0n) is 8.78. The molecular formula is C12H12ClIO2. The van der Waals surface area contributed by atoms with E-state index in [2.05, 4.69) is 6.58 Å². The Hall–Kier alpha value is -0.390. The highest BCUT2D eigenvalue weighted by Gasteiger charge is 2.26. The van der Waals surface area contributed by atoms with E-state index >= 15 is 0 Å². The minimum atomic E-state index is -0.862. The number of rotatable bonds is 4. The van der Waals surface area contributed by atoms with Gasteiger partial charge in [0.2, 0.25) is 0 Å². The molecule has 2 nitrogen and oxygen atoms in total. The second-order valence-corrected chi connectivity index (χ2v) is 5.35. The van der Waals surface area contributed by atoms with Crippen molar-refractivity contribution in [2.45, 2.75) is 13.0 Å². The Labute approximate surface area is 113 Å². The van der Waals surface area contributed by atoms with Gasteiger partial charge in [-0.1, -0.05) is 30.3 Å². The quantitative estimate of drug-likeness (QED) is 0.844. The van der Waals surface area contributed by atoms with Crippen molar-refractivity contribution in [2.75, 3.05) is 0 Å². The van der Waals surface area contributed by atoms with Gasteiger partial charge in [0.15, 0.2) is 0 Å². The van der Waals surface area contributed by atoms with Gasteiger partial charge in [0, 0.05) is 5.02 Å². The number of carbonyl (C=O) groups excluding carboxylic acids is 1. The maximum Gasteiger partial charge on any atom is 0.140 e. The fourth-order valence-corrected chi connectivity index (χ4v) is 2.37. The average Bonchev–Trinajstić information content (AvgIpc) is 2.17. The van der Waals surface area contributed by atoms with Crippen LogP contribution in [0.15, 0.2) is 34.4 Å². The van der Waals surface area contributed by atoms with E-state index in [1.165, 1.54) is 6.92 Å². The normalized spacial score (nSPS) is 14.2. The summed E-state index contributed by atoms with van der Waals surface area (Å²) in [6.07, 6.45) is -0.862. The van der Waals surface area contributed by atoms with E-state index < -0.39 is 12.0 Å². The number of ketones is 1. The third kappa shape index (κ3) is 3.30. The fourth-order valence-electron chi connectivity index (χ4n) is 1.47. The summed E-state index contributed by atoms with van der Waals surface area (Å²) in [6, 6.07) is 6.80. The first kappa shape index (κ1) is 13.7. The van der Waals surface area contributed by atoms with Crippen molar-refractivity contribution < 1.29 is 9.90 Å². The van der Waals surface area contributed by atoms with E-state index in [1.807, 2.05) is 22.6 Å². The number of benzene rings is 1. The van der Waals surface area contributed by atoms with Crippen LogP contribution in [0.4, 0.5) is 0 Å². The Kier molecular flexibility index (Phi) is 4.95. The summed E-state index contributed by atoms with van der Waals surface area (Å²) in [4.78, 5) is 11.4. The van der Waals surface area contributed by atoms with E-state index in [0.717, 1.165) is 0 Å². The SMILES string of the molecule is C=C(I)[C@H](C(C)=O)C(O)c1ccc(Cl)cc1. The van der Waals surface area contributed by atoms with Gasteiger partial charge in [-0.25, -0.2) is 0 Å². The number of aliphatic hydroxyl groups is 1. The smallest absolute Gasteiger partial charge is 0.140 e. The molecule has 0 aromatic heterocycles. The van der Waals surface area contributed by atoms with Crippen molar-refractivity contribution in [2.24, 2.45) is 5.92 Å². The standard InChI is InChI=1S/C12H12ClIO2/c1-7(14)11(8(2)15)12(16)9-3-5-10(13)6-4-9/h3-6,11-12,16H,1H2,2H3/t11-,12?/m1/s1. The molecule has 16 heavy (non-hydrogen) atoms. The molecule has 1 rings (SSSR count). The minimum absolute atomic E-state index is 0.0955. The molecule has 1 aromatic rings. The number of carbonyl (C=O) groups is 1. The summed E-state index contributed by atoms with van der Waals surface area (Å²) in [5.74, 6) is -0.663. The summed E-state index contributed by atoms with van der Waals surface area (Å²) in [7, 11) is 0. The topological polar surface area (TPSA) is 37.3 Å². The molecule has 0 spiro atoms. The predicted octanol–water partition coefficient (Wildman–Crippen LogP) is 3.53. The first-order valence-electron chi connectivity index (χ1n) is 4.71. The molecule has 86 valence electrons. The average molecular weight is 351 g/mol. The molecule has 0 amide bonds. The van der Waals surface area contributed by atoms with Gasteiger partial charge in [-0.2, -0.15) is 0 Å². The molecule has 0 saturated heterocycles. The molecule has 2 atom stereocenters. The van der Waals surface area contributed by atoms with Crippen LogP contribution in [0.25, 0.3) is 0 Å². The molecule has 0 fully saturated rings. The number of halogens is 2. The summed E-state index contributed by atoms with van der Waals surface area (Å²) in [5.41, 5.74) is 0.669. The molecule has 0 aliphatic carbocycles. The zero-order chi connectivity index (χ0) is 12.3. The molecule has 4 heteroatoms. The van der Waals surface area contributed by atoms with Gasteiger partial charge in [0.1, 0.15) is 5.78 Å². The lowest BCUT2D eigenvalue weighted by Crippen LogP contribution is -2.19. The largest absolute Gasteiger partial charge is 0.387 e. The maximum absolute atomic E-state index is 11.4. The van der Waals surface area contributed by atoms with Crippen molar-refractivity contribution in [3.05, 3.63) is 45.0 Å². The van der Waals surface area contributed by atoms with Crippen LogP contribution in [0.1, 0.15) is 18.6 Å². The molecule has 0 aliphatic heterocycles. The molecule has 1 aromatic carbocycles. The van der Waals surface area contributed by atoms with Crippen LogP contribution in [0, 0.1) is 5.92 Å². The lowest BCUT2D eigenvalue weighted by atomic mass is 9.93. The van der Waals surface area contributed by atoms with E-state index in [1.54, 1.807) is 24.3 Å². The Bertz CT molecular complexity index is 386. The molecule has 0 saturated carbocycles. The summed E-state index contributed by atoms with van der Waals surface area (Å²) in [6.45, 7) is 5.17. The third-order valence-electron chi connectivity index (χ3n) is 2.30. The van der Waals surface area contributed by atoms with Crippen molar-refractivity contribution in [3.63, 3.8) is 0 Å². The zero-order valence-corrected chi connectivity index (χ0v) is 11.7. The molecule has 0 heterocycles.